The average Bonchev–Trinajstić information content (AvgIpc) is 2.18. The number of hydrogen-bond donors (Lipinski definition) is 2. The molecule has 1 rings (SSSR count). The zero-order chi connectivity index (χ0) is 10.6. The van der Waals surface area contributed by atoms with E-state index in [4.69, 9.17) is 10.8 Å². The fourth-order valence-electron chi connectivity index (χ4n) is 1.36. The van der Waals surface area contributed by atoms with Crippen molar-refractivity contribution in [3.63, 3.8) is 0 Å². The van der Waals surface area contributed by atoms with Gasteiger partial charge in [0.1, 0.15) is 0 Å². The van der Waals surface area contributed by atoms with Crippen LogP contribution in [0.3, 0.4) is 0 Å². The molecule has 84 valence electrons. The molecule has 1 aromatic rings. The molecule has 0 bridgehead atoms. The van der Waals surface area contributed by atoms with Crippen LogP contribution < -0.4 is 5.73 Å². The number of carbonyl (C=O) groups is 1. The minimum absolute atomic E-state index is 0. The van der Waals surface area contributed by atoms with Crippen molar-refractivity contribution in [3.05, 3.63) is 30.1 Å². The highest BCUT2D eigenvalue weighted by atomic mass is 35.5. The molecule has 0 saturated heterocycles. The highest BCUT2D eigenvalue weighted by molar-refractivity contribution is 5.85. The van der Waals surface area contributed by atoms with E-state index in [1.165, 1.54) is 0 Å². The Morgan fingerprint density at radius 1 is 1.67 bits per heavy atom. The van der Waals surface area contributed by atoms with Crippen molar-refractivity contribution in [1.29, 1.82) is 0 Å². The van der Waals surface area contributed by atoms with Crippen LogP contribution in [-0.2, 0) is 10.3 Å². The Morgan fingerprint density at radius 2 is 2.33 bits per heavy atom. The molecule has 0 radical (unpaired) electrons. The van der Waals surface area contributed by atoms with Crippen LogP contribution in [0, 0.1) is 0 Å². The molecule has 1 heterocycles. The van der Waals surface area contributed by atoms with Crippen LogP contribution in [0.2, 0.25) is 0 Å². The van der Waals surface area contributed by atoms with Gasteiger partial charge < -0.3 is 10.8 Å². The summed E-state index contributed by atoms with van der Waals surface area (Å²) in [5.74, 6) is -0.891. The summed E-state index contributed by atoms with van der Waals surface area (Å²) >= 11 is 0. The number of aliphatic carboxylic acids is 1. The van der Waals surface area contributed by atoms with E-state index >= 15 is 0 Å². The number of nitrogens with zero attached hydrogens (tertiary/aromatic N) is 1. The van der Waals surface area contributed by atoms with E-state index in [0.717, 1.165) is 5.56 Å². The second kappa shape index (κ2) is 5.68. The zero-order valence-electron chi connectivity index (χ0n) is 8.51. The summed E-state index contributed by atoms with van der Waals surface area (Å²) in [7, 11) is 0. The van der Waals surface area contributed by atoms with Crippen molar-refractivity contribution in [2.75, 3.05) is 0 Å². The zero-order valence-corrected chi connectivity index (χ0v) is 9.33. The third kappa shape index (κ3) is 3.49. The Hall–Kier alpha value is -1.13. The first-order valence-electron chi connectivity index (χ1n) is 4.49. The van der Waals surface area contributed by atoms with Crippen LogP contribution in [-0.4, -0.2) is 16.1 Å². The van der Waals surface area contributed by atoms with Crippen molar-refractivity contribution in [3.8, 4) is 0 Å². The summed E-state index contributed by atoms with van der Waals surface area (Å²) in [6.45, 7) is 1.87. The molecule has 0 spiro atoms. The average molecular weight is 231 g/mol. The molecule has 3 N–H and O–H groups in total. The second-order valence-corrected chi connectivity index (χ2v) is 3.32. The summed E-state index contributed by atoms with van der Waals surface area (Å²) in [5.41, 5.74) is 5.96. The van der Waals surface area contributed by atoms with Gasteiger partial charge in [0.15, 0.2) is 0 Å². The third-order valence-corrected chi connectivity index (χ3v) is 2.33. The van der Waals surface area contributed by atoms with E-state index in [1.54, 1.807) is 24.5 Å². The summed E-state index contributed by atoms with van der Waals surface area (Å²) in [4.78, 5) is 14.6. The van der Waals surface area contributed by atoms with Gasteiger partial charge in [-0.05, 0) is 18.1 Å². The lowest BCUT2D eigenvalue weighted by molar-refractivity contribution is -0.138. The van der Waals surface area contributed by atoms with Gasteiger partial charge in [0.25, 0.3) is 0 Å². The molecule has 0 saturated carbocycles. The number of halogens is 1. The first-order chi connectivity index (χ1) is 6.58. The highest BCUT2D eigenvalue weighted by Crippen LogP contribution is 2.24. The molecule has 0 aliphatic carbocycles. The largest absolute Gasteiger partial charge is 0.481 e. The Balaban J connectivity index is 0.00000196. The van der Waals surface area contributed by atoms with Gasteiger partial charge in [-0.15, -0.1) is 12.4 Å². The molecule has 4 nitrogen and oxygen atoms in total. The van der Waals surface area contributed by atoms with Gasteiger partial charge in [0, 0.05) is 12.4 Å². The van der Waals surface area contributed by atoms with Gasteiger partial charge in [-0.2, -0.15) is 0 Å². The van der Waals surface area contributed by atoms with Gasteiger partial charge in [-0.3, -0.25) is 9.78 Å². The maximum absolute atomic E-state index is 10.6. The molecule has 0 aliphatic heterocycles. The lowest BCUT2D eigenvalue weighted by Gasteiger charge is -2.26. The SMILES string of the molecule is CCC(N)(CC(=O)O)c1cccnc1.Cl. The van der Waals surface area contributed by atoms with Crippen LogP contribution >= 0.6 is 12.4 Å². The molecular weight excluding hydrogens is 216 g/mol. The molecule has 0 aliphatic rings. The van der Waals surface area contributed by atoms with E-state index in [0.29, 0.717) is 6.42 Å². The van der Waals surface area contributed by atoms with Crippen molar-refractivity contribution < 1.29 is 9.90 Å². The van der Waals surface area contributed by atoms with E-state index in [9.17, 15) is 4.79 Å². The molecule has 0 amide bonds. The van der Waals surface area contributed by atoms with Crippen LogP contribution in [0.25, 0.3) is 0 Å². The summed E-state index contributed by atoms with van der Waals surface area (Å²) in [6, 6.07) is 3.56. The molecule has 15 heavy (non-hydrogen) atoms. The quantitative estimate of drug-likeness (QED) is 0.823. The standard InChI is InChI=1S/C10H14N2O2.ClH/c1-2-10(11,6-9(13)14)8-4-3-5-12-7-8;/h3-5,7H,2,6,11H2,1H3,(H,13,14);1H. The molecular formula is C10H15ClN2O2. The van der Waals surface area contributed by atoms with Crippen LogP contribution in [0.15, 0.2) is 24.5 Å². The predicted molar refractivity (Wildman–Crippen MR) is 59.9 cm³/mol. The van der Waals surface area contributed by atoms with Crippen molar-refractivity contribution >= 4 is 18.4 Å². The van der Waals surface area contributed by atoms with E-state index in [-0.39, 0.29) is 18.8 Å². The Bertz CT molecular complexity index is 318. The smallest absolute Gasteiger partial charge is 0.305 e. The normalized spacial score (nSPS) is 13.7. The van der Waals surface area contributed by atoms with Crippen molar-refractivity contribution in [2.45, 2.75) is 25.3 Å². The molecule has 1 unspecified atom stereocenters. The summed E-state index contributed by atoms with van der Waals surface area (Å²) < 4.78 is 0. The summed E-state index contributed by atoms with van der Waals surface area (Å²) in [5, 5.41) is 8.74. The Labute approximate surface area is 94.9 Å². The number of aromatic nitrogens is 1. The van der Waals surface area contributed by atoms with E-state index in [2.05, 4.69) is 4.98 Å². The lowest BCUT2D eigenvalue weighted by Crippen LogP contribution is -2.38. The maximum Gasteiger partial charge on any atom is 0.305 e. The Morgan fingerprint density at radius 3 is 2.73 bits per heavy atom. The number of rotatable bonds is 4. The van der Waals surface area contributed by atoms with Crippen LogP contribution in [0.4, 0.5) is 0 Å². The topological polar surface area (TPSA) is 76.2 Å². The summed E-state index contributed by atoms with van der Waals surface area (Å²) in [6.07, 6.45) is 3.76. The van der Waals surface area contributed by atoms with Gasteiger partial charge in [0.2, 0.25) is 0 Å². The maximum atomic E-state index is 10.6. The molecule has 5 heteroatoms. The molecule has 1 atom stereocenters. The number of carboxylic acids is 1. The fraction of sp³-hybridized carbons (Fsp3) is 0.400. The van der Waals surface area contributed by atoms with Gasteiger partial charge in [-0.1, -0.05) is 13.0 Å². The lowest BCUT2D eigenvalue weighted by atomic mass is 9.86. The predicted octanol–water partition coefficient (Wildman–Crippen LogP) is 1.54. The van der Waals surface area contributed by atoms with Gasteiger partial charge >= 0.3 is 5.97 Å². The number of nitrogens with two attached hydrogens (primary N) is 1. The van der Waals surface area contributed by atoms with Crippen molar-refractivity contribution in [1.82, 2.24) is 4.98 Å². The number of pyridine rings is 1. The van der Waals surface area contributed by atoms with Gasteiger partial charge in [0.05, 0.1) is 12.0 Å². The number of hydrogen-bond acceptors (Lipinski definition) is 3. The third-order valence-electron chi connectivity index (χ3n) is 2.33. The fourth-order valence-corrected chi connectivity index (χ4v) is 1.36. The Kier molecular flexibility index (Phi) is 5.25. The van der Waals surface area contributed by atoms with Crippen LogP contribution in [0.5, 0.6) is 0 Å². The van der Waals surface area contributed by atoms with Crippen LogP contribution in [0.1, 0.15) is 25.3 Å². The monoisotopic (exact) mass is 230 g/mol. The first-order valence-corrected chi connectivity index (χ1v) is 4.49. The first kappa shape index (κ1) is 13.9. The van der Waals surface area contributed by atoms with Crippen molar-refractivity contribution in [2.24, 2.45) is 5.73 Å². The van der Waals surface area contributed by atoms with E-state index < -0.39 is 11.5 Å². The van der Waals surface area contributed by atoms with Gasteiger partial charge in [-0.25, -0.2) is 0 Å². The number of carboxylic acid groups (broad SMARTS) is 1. The minimum atomic E-state index is -0.891. The molecule has 1 aromatic heterocycles. The molecule has 0 aromatic carbocycles. The molecule has 0 fully saturated rings. The van der Waals surface area contributed by atoms with E-state index in [1.807, 2.05) is 6.92 Å². The minimum Gasteiger partial charge on any atom is -0.481 e. The highest BCUT2D eigenvalue weighted by Gasteiger charge is 2.28. The second-order valence-electron chi connectivity index (χ2n) is 3.32.